The third-order valence-electron chi connectivity index (χ3n) is 5.35. The maximum Gasteiger partial charge on any atom is 0.230 e. The number of nitrogens with one attached hydrogen (secondary N) is 2. The van der Waals surface area contributed by atoms with Gasteiger partial charge in [0, 0.05) is 44.0 Å². The Balaban J connectivity index is 1.42. The highest BCUT2D eigenvalue weighted by Crippen LogP contribution is 2.29. The molecule has 5 rings (SSSR count). The summed E-state index contributed by atoms with van der Waals surface area (Å²) >= 11 is 0. The Morgan fingerprint density at radius 1 is 1.11 bits per heavy atom. The number of anilines is 3. The molecule has 1 saturated heterocycles. The molecule has 0 aliphatic carbocycles. The van der Waals surface area contributed by atoms with E-state index in [4.69, 9.17) is 4.98 Å². The standard InChI is InChI=1S/C20H24N8/c1-20(2)13-22-11-16-9-14-10-24-19(26-18(14)28(16)20)25-17-4-3-15(12-23-17)27-7-5-21-6-8-27/h3-4,9-12,21H,5-8,13H2,1-2H3,(H,23,24,25,26). The Bertz CT molecular complexity index is 1030. The normalized spacial score (nSPS) is 18.3. The van der Waals surface area contributed by atoms with Gasteiger partial charge in [-0.15, -0.1) is 0 Å². The highest BCUT2D eigenvalue weighted by molar-refractivity contribution is 5.90. The van der Waals surface area contributed by atoms with E-state index in [0.717, 1.165) is 61.0 Å². The van der Waals surface area contributed by atoms with Crippen LogP contribution >= 0.6 is 0 Å². The Hall–Kier alpha value is -3.00. The molecule has 0 atom stereocenters. The van der Waals surface area contributed by atoms with Crippen molar-refractivity contribution in [2.24, 2.45) is 4.99 Å². The van der Waals surface area contributed by atoms with Crippen LogP contribution in [0.15, 0.2) is 35.6 Å². The van der Waals surface area contributed by atoms with E-state index in [2.05, 4.69) is 61.0 Å². The van der Waals surface area contributed by atoms with Gasteiger partial charge in [0.1, 0.15) is 11.5 Å². The SMILES string of the molecule is CC1(C)CN=Cc2cc3cnc(Nc4ccc(N5CCNCC5)cn4)nc3n21. The van der Waals surface area contributed by atoms with Crippen molar-refractivity contribution in [3.63, 3.8) is 0 Å². The second kappa shape index (κ2) is 6.56. The fraction of sp³-hybridized carbons (Fsp3) is 0.400. The number of piperazine rings is 1. The predicted octanol–water partition coefficient (Wildman–Crippen LogP) is 2.15. The van der Waals surface area contributed by atoms with Gasteiger partial charge in [0.2, 0.25) is 5.95 Å². The summed E-state index contributed by atoms with van der Waals surface area (Å²) in [6.07, 6.45) is 5.68. The molecule has 144 valence electrons. The average Bonchev–Trinajstić information content (AvgIpc) is 3.08. The van der Waals surface area contributed by atoms with Crippen LogP contribution in [0.3, 0.4) is 0 Å². The van der Waals surface area contributed by atoms with Gasteiger partial charge < -0.3 is 20.1 Å². The molecule has 5 heterocycles. The molecule has 0 unspecified atom stereocenters. The first-order valence-electron chi connectivity index (χ1n) is 9.68. The zero-order chi connectivity index (χ0) is 19.1. The summed E-state index contributed by atoms with van der Waals surface area (Å²) in [5, 5.41) is 7.62. The van der Waals surface area contributed by atoms with Gasteiger partial charge in [-0.05, 0) is 32.0 Å². The van der Waals surface area contributed by atoms with Crippen LogP contribution < -0.4 is 15.5 Å². The van der Waals surface area contributed by atoms with Crippen LogP contribution in [-0.4, -0.2) is 58.5 Å². The van der Waals surface area contributed by atoms with Gasteiger partial charge in [0.25, 0.3) is 0 Å². The maximum absolute atomic E-state index is 4.77. The fourth-order valence-corrected chi connectivity index (χ4v) is 3.92. The zero-order valence-electron chi connectivity index (χ0n) is 16.2. The predicted molar refractivity (Wildman–Crippen MR) is 112 cm³/mol. The van der Waals surface area contributed by atoms with Crippen LogP contribution in [0.2, 0.25) is 0 Å². The molecule has 0 aromatic carbocycles. The van der Waals surface area contributed by atoms with Crippen molar-refractivity contribution in [3.05, 3.63) is 36.3 Å². The monoisotopic (exact) mass is 376 g/mol. The minimum absolute atomic E-state index is 0.110. The van der Waals surface area contributed by atoms with Crippen molar-refractivity contribution in [1.82, 2.24) is 24.8 Å². The minimum atomic E-state index is -0.110. The summed E-state index contributed by atoms with van der Waals surface area (Å²) in [7, 11) is 0. The van der Waals surface area contributed by atoms with Crippen LogP contribution in [0.4, 0.5) is 17.5 Å². The summed E-state index contributed by atoms with van der Waals surface area (Å²) < 4.78 is 2.24. The van der Waals surface area contributed by atoms with Crippen molar-refractivity contribution >= 4 is 34.7 Å². The van der Waals surface area contributed by atoms with Gasteiger partial charge in [-0.25, -0.2) is 9.97 Å². The molecule has 2 aliphatic rings. The van der Waals surface area contributed by atoms with Crippen LogP contribution in [0, 0.1) is 0 Å². The molecule has 0 bridgehead atoms. The van der Waals surface area contributed by atoms with Crippen molar-refractivity contribution in [1.29, 1.82) is 0 Å². The van der Waals surface area contributed by atoms with E-state index in [-0.39, 0.29) is 5.54 Å². The highest BCUT2D eigenvalue weighted by atomic mass is 15.2. The summed E-state index contributed by atoms with van der Waals surface area (Å²) in [4.78, 5) is 20.6. The molecule has 2 aliphatic heterocycles. The lowest BCUT2D eigenvalue weighted by Gasteiger charge is -2.30. The molecule has 28 heavy (non-hydrogen) atoms. The first kappa shape index (κ1) is 17.1. The average molecular weight is 376 g/mol. The number of hydrogen-bond donors (Lipinski definition) is 2. The smallest absolute Gasteiger partial charge is 0.230 e. The van der Waals surface area contributed by atoms with Crippen LogP contribution in [0.1, 0.15) is 19.5 Å². The van der Waals surface area contributed by atoms with E-state index in [0.29, 0.717) is 5.95 Å². The lowest BCUT2D eigenvalue weighted by Crippen LogP contribution is -2.43. The second-order valence-corrected chi connectivity index (χ2v) is 7.92. The lowest BCUT2D eigenvalue weighted by atomic mass is 10.0. The second-order valence-electron chi connectivity index (χ2n) is 7.92. The van der Waals surface area contributed by atoms with Crippen LogP contribution in [0.25, 0.3) is 11.0 Å². The number of rotatable bonds is 3. The van der Waals surface area contributed by atoms with E-state index in [1.54, 1.807) is 0 Å². The Morgan fingerprint density at radius 2 is 1.96 bits per heavy atom. The van der Waals surface area contributed by atoms with Gasteiger partial charge in [-0.1, -0.05) is 0 Å². The molecule has 0 spiro atoms. The van der Waals surface area contributed by atoms with Crippen molar-refractivity contribution in [2.45, 2.75) is 19.4 Å². The molecule has 0 radical (unpaired) electrons. The molecule has 8 nitrogen and oxygen atoms in total. The summed E-state index contributed by atoms with van der Waals surface area (Å²) in [6, 6.07) is 6.16. The number of aromatic nitrogens is 4. The van der Waals surface area contributed by atoms with E-state index in [9.17, 15) is 0 Å². The first-order valence-corrected chi connectivity index (χ1v) is 9.68. The number of pyridine rings is 1. The minimum Gasteiger partial charge on any atom is -0.368 e. The van der Waals surface area contributed by atoms with Crippen molar-refractivity contribution in [2.75, 3.05) is 42.9 Å². The van der Waals surface area contributed by atoms with Gasteiger partial charge in [0.15, 0.2) is 0 Å². The molecule has 2 N–H and O–H groups in total. The summed E-state index contributed by atoms with van der Waals surface area (Å²) in [5.41, 5.74) is 3.02. The quantitative estimate of drug-likeness (QED) is 0.729. The summed E-state index contributed by atoms with van der Waals surface area (Å²) in [5.74, 6) is 1.29. The molecular weight excluding hydrogens is 352 g/mol. The molecule has 0 saturated carbocycles. The van der Waals surface area contributed by atoms with E-state index >= 15 is 0 Å². The van der Waals surface area contributed by atoms with Gasteiger partial charge in [0.05, 0.1) is 29.7 Å². The van der Waals surface area contributed by atoms with E-state index < -0.39 is 0 Å². The molecule has 3 aromatic heterocycles. The Morgan fingerprint density at radius 3 is 2.75 bits per heavy atom. The highest BCUT2D eigenvalue weighted by Gasteiger charge is 2.27. The molecule has 8 heteroatoms. The number of nitrogens with zero attached hydrogens (tertiary/aromatic N) is 6. The third kappa shape index (κ3) is 2.99. The fourth-order valence-electron chi connectivity index (χ4n) is 3.92. The number of aliphatic imine (C=N–C) groups is 1. The zero-order valence-corrected chi connectivity index (χ0v) is 16.2. The first-order chi connectivity index (χ1) is 13.6. The largest absolute Gasteiger partial charge is 0.368 e. The maximum atomic E-state index is 4.77. The van der Waals surface area contributed by atoms with E-state index in [1.165, 1.54) is 0 Å². The summed E-state index contributed by atoms with van der Waals surface area (Å²) in [6.45, 7) is 9.13. The van der Waals surface area contributed by atoms with Crippen LogP contribution in [0.5, 0.6) is 0 Å². The molecule has 3 aromatic rings. The third-order valence-corrected chi connectivity index (χ3v) is 5.35. The number of hydrogen-bond acceptors (Lipinski definition) is 7. The van der Waals surface area contributed by atoms with E-state index in [1.807, 2.05) is 24.7 Å². The van der Waals surface area contributed by atoms with Crippen molar-refractivity contribution in [3.8, 4) is 0 Å². The van der Waals surface area contributed by atoms with Gasteiger partial charge >= 0.3 is 0 Å². The van der Waals surface area contributed by atoms with Crippen LogP contribution in [-0.2, 0) is 5.54 Å². The molecular formula is C20H24N8. The lowest BCUT2D eigenvalue weighted by molar-refractivity contribution is 0.370. The Labute approximate surface area is 163 Å². The Kier molecular flexibility index (Phi) is 4.01. The topological polar surface area (TPSA) is 83.3 Å². The molecule has 1 fully saturated rings. The van der Waals surface area contributed by atoms with Gasteiger partial charge in [-0.2, -0.15) is 4.98 Å². The van der Waals surface area contributed by atoms with Gasteiger partial charge in [-0.3, -0.25) is 4.99 Å². The van der Waals surface area contributed by atoms with Crippen molar-refractivity contribution < 1.29 is 0 Å². The molecule has 0 amide bonds. The number of fused-ring (bicyclic) bond motifs is 3.